The van der Waals surface area contributed by atoms with Gasteiger partial charge in [0, 0.05) is 74.2 Å². The Morgan fingerprint density at radius 2 is 1.00 bits per heavy atom. The molecule has 2 unspecified atom stereocenters. The fraction of sp³-hybridized carbons (Fsp3) is 0.600. The lowest BCUT2D eigenvalue weighted by molar-refractivity contribution is -0.252. The molecule has 0 radical (unpaired) electrons. The number of imide groups is 2. The first-order valence-electron chi connectivity index (χ1n) is 18.9. The van der Waals surface area contributed by atoms with Crippen molar-refractivity contribution in [3.8, 4) is 11.5 Å². The lowest BCUT2D eigenvalue weighted by Gasteiger charge is -2.40. The highest BCUT2D eigenvalue weighted by Crippen LogP contribution is 2.33. The third kappa shape index (κ3) is 14.9. The SMILES string of the molecule is COc1ccc(CC2OCC(C)(C)[C@H](C(=O)NC(=O)CCNCCSSCCNCCC(=O)NC(=O)[C@@H]3OC(Cc4ccc(OC)cc4)OCC3(C)C)O2)cc1. The molecule has 0 saturated carbocycles. The van der Waals surface area contributed by atoms with Crippen molar-refractivity contribution in [3.63, 3.8) is 0 Å². The van der Waals surface area contributed by atoms with E-state index in [2.05, 4.69) is 21.3 Å². The summed E-state index contributed by atoms with van der Waals surface area (Å²) in [6, 6.07) is 15.1. The van der Waals surface area contributed by atoms with E-state index in [-0.39, 0.29) is 24.7 Å². The number of carbonyl (C=O) groups is 4. The van der Waals surface area contributed by atoms with Crippen molar-refractivity contribution in [2.45, 2.75) is 78.2 Å². The molecule has 2 aromatic rings. The van der Waals surface area contributed by atoms with Gasteiger partial charge in [0.15, 0.2) is 12.6 Å². The van der Waals surface area contributed by atoms with Crippen LogP contribution in [0.2, 0.25) is 0 Å². The van der Waals surface area contributed by atoms with E-state index in [0.717, 1.165) is 34.1 Å². The molecule has 0 spiro atoms. The number of benzene rings is 2. The monoisotopic (exact) mass is 818 g/mol. The minimum Gasteiger partial charge on any atom is -0.497 e. The molecule has 16 heteroatoms. The average Bonchev–Trinajstić information content (AvgIpc) is 3.17. The average molecular weight is 819 g/mol. The van der Waals surface area contributed by atoms with Crippen LogP contribution in [0.5, 0.6) is 11.5 Å². The van der Waals surface area contributed by atoms with Gasteiger partial charge in [-0.25, -0.2) is 0 Å². The van der Waals surface area contributed by atoms with Crippen LogP contribution in [0.3, 0.4) is 0 Å². The van der Waals surface area contributed by atoms with Crippen molar-refractivity contribution >= 4 is 45.2 Å². The van der Waals surface area contributed by atoms with Gasteiger partial charge >= 0.3 is 0 Å². The first kappa shape index (κ1) is 45.5. The standard InChI is InChI=1S/C40H58N4O10S2/c1-39(2)25-51-33(23-27-7-11-29(49-5)12-8-27)53-35(39)37(47)43-31(45)15-17-41-19-21-55-56-22-20-42-18-16-32(46)44-38(48)36-40(3,4)26-52-34(54-36)24-28-9-13-30(50-6)14-10-28/h7-14,33-36,41-42H,15-26H2,1-6H3,(H,43,45,47)(H,44,46,48)/t33?,34?,35-,36-/m0/s1. The van der Waals surface area contributed by atoms with Gasteiger partial charge in [0.2, 0.25) is 11.8 Å². The summed E-state index contributed by atoms with van der Waals surface area (Å²) >= 11 is 0. The van der Waals surface area contributed by atoms with E-state index in [9.17, 15) is 19.2 Å². The van der Waals surface area contributed by atoms with Crippen LogP contribution in [0.1, 0.15) is 51.7 Å². The van der Waals surface area contributed by atoms with Gasteiger partial charge in [0.25, 0.3) is 11.8 Å². The third-order valence-electron chi connectivity index (χ3n) is 9.27. The van der Waals surface area contributed by atoms with Gasteiger partial charge in [0.05, 0.1) is 27.4 Å². The number of nitrogens with one attached hydrogen (secondary N) is 4. The summed E-state index contributed by atoms with van der Waals surface area (Å²) in [4.78, 5) is 51.1. The lowest BCUT2D eigenvalue weighted by Crippen LogP contribution is -2.55. The minimum absolute atomic E-state index is 0.163. The van der Waals surface area contributed by atoms with Crippen LogP contribution in [0, 0.1) is 10.8 Å². The van der Waals surface area contributed by atoms with Crippen LogP contribution in [0.25, 0.3) is 0 Å². The topological polar surface area (TPSA) is 172 Å². The Balaban J connectivity index is 1.00. The molecule has 0 aliphatic carbocycles. The number of carbonyl (C=O) groups excluding carboxylic acids is 4. The molecule has 2 aliphatic rings. The zero-order chi connectivity index (χ0) is 40.6. The van der Waals surface area contributed by atoms with Crippen molar-refractivity contribution in [2.24, 2.45) is 10.8 Å². The number of hydrogen-bond donors (Lipinski definition) is 4. The van der Waals surface area contributed by atoms with Crippen LogP contribution in [0.15, 0.2) is 48.5 Å². The Kier molecular flexibility index (Phi) is 18.4. The van der Waals surface area contributed by atoms with Crippen molar-refractivity contribution in [3.05, 3.63) is 59.7 Å². The minimum atomic E-state index is -0.823. The molecule has 2 fully saturated rings. The molecule has 0 aromatic heterocycles. The molecule has 14 nitrogen and oxygen atoms in total. The first-order chi connectivity index (χ1) is 26.8. The van der Waals surface area contributed by atoms with Crippen molar-refractivity contribution in [1.82, 2.24) is 21.3 Å². The van der Waals surface area contributed by atoms with Gasteiger partial charge in [0.1, 0.15) is 23.7 Å². The number of ether oxygens (including phenoxy) is 6. The van der Waals surface area contributed by atoms with Gasteiger partial charge in [-0.05, 0) is 35.4 Å². The molecule has 2 heterocycles. The maximum absolute atomic E-state index is 13.0. The Morgan fingerprint density at radius 3 is 1.36 bits per heavy atom. The molecular weight excluding hydrogens is 761 g/mol. The number of amides is 4. The first-order valence-corrected chi connectivity index (χ1v) is 21.4. The zero-order valence-electron chi connectivity index (χ0n) is 33.3. The van der Waals surface area contributed by atoms with E-state index in [0.29, 0.717) is 52.2 Å². The molecule has 2 aliphatic heterocycles. The molecular formula is C40H58N4O10S2. The van der Waals surface area contributed by atoms with Crippen molar-refractivity contribution in [2.75, 3.05) is 65.1 Å². The maximum Gasteiger partial charge on any atom is 0.256 e. The largest absolute Gasteiger partial charge is 0.497 e. The molecule has 4 amide bonds. The van der Waals surface area contributed by atoms with Crippen LogP contribution < -0.4 is 30.7 Å². The second-order valence-corrected chi connectivity index (χ2v) is 17.8. The van der Waals surface area contributed by atoms with Gasteiger partial charge in [-0.3, -0.25) is 29.8 Å². The fourth-order valence-electron chi connectivity index (χ4n) is 6.00. The summed E-state index contributed by atoms with van der Waals surface area (Å²) < 4.78 is 34.2. The van der Waals surface area contributed by atoms with E-state index < -0.39 is 47.4 Å². The number of hydrogen-bond acceptors (Lipinski definition) is 14. The third-order valence-corrected chi connectivity index (χ3v) is 11.7. The van der Waals surface area contributed by atoms with Crippen LogP contribution in [-0.4, -0.2) is 114 Å². The van der Waals surface area contributed by atoms with Crippen molar-refractivity contribution < 1.29 is 47.6 Å². The van der Waals surface area contributed by atoms with E-state index in [1.54, 1.807) is 35.8 Å². The second kappa shape index (κ2) is 22.6. The molecule has 4 N–H and O–H groups in total. The Bertz CT molecular complexity index is 1450. The summed E-state index contributed by atoms with van der Waals surface area (Å²) in [6.45, 7) is 10.5. The van der Waals surface area contributed by atoms with Crippen LogP contribution in [-0.2, 0) is 51.0 Å². The molecule has 4 rings (SSSR count). The maximum atomic E-state index is 13.0. The molecule has 2 saturated heterocycles. The summed E-state index contributed by atoms with van der Waals surface area (Å²) in [7, 11) is 6.63. The van der Waals surface area contributed by atoms with Crippen molar-refractivity contribution in [1.29, 1.82) is 0 Å². The van der Waals surface area contributed by atoms with Crippen LogP contribution >= 0.6 is 21.6 Å². The Hall–Kier alpha value is -3.22. The molecule has 0 bridgehead atoms. The van der Waals surface area contributed by atoms with E-state index in [4.69, 9.17) is 28.4 Å². The summed E-state index contributed by atoms with van der Waals surface area (Å²) in [5, 5.41) is 11.5. The molecule has 56 heavy (non-hydrogen) atoms. The highest BCUT2D eigenvalue weighted by atomic mass is 33.1. The quantitative estimate of drug-likeness (QED) is 0.106. The second-order valence-electron chi connectivity index (χ2n) is 15.1. The molecule has 310 valence electrons. The Morgan fingerprint density at radius 1 is 0.625 bits per heavy atom. The smallest absolute Gasteiger partial charge is 0.256 e. The number of rotatable bonds is 21. The number of methoxy groups -OCH3 is 2. The van der Waals surface area contributed by atoms with E-state index >= 15 is 0 Å². The predicted molar refractivity (Wildman–Crippen MR) is 216 cm³/mol. The predicted octanol–water partition coefficient (Wildman–Crippen LogP) is 3.65. The highest BCUT2D eigenvalue weighted by Gasteiger charge is 2.44. The van der Waals surface area contributed by atoms with Gasteiger partial charge < -0.3 is 39.1 Å². The summed E-state index contributed by atoms with van der Waals surface area (Å²) in [6.07, 6.45) is -1.58. The van der Waals surface area contributed by atoms with Crippen LogP contribution in [0.4, 0.5) is 0 Å². The zero-order valence-corrected chi connectivity index (χ0v) is 34.9. The normalized spacial score (nSPS) is 21.5. The molecule has 2 aromatic carbocycles. The lowest BCUT2D eigenvalue weighted by atomic mass is 9.85. The Labute approximate surface area is 338 Å². The van der Waals surface area contributed by atoms with Gasteiger partial charge in [-0.2, -0.15) is 0 Å². The van der Waals surface area contributed by atoms with E-state index in [1.807, 2.05) is 76.2 Å². The fourth-order valence-corrected chi connectivity index (χ4v) is 7.90. The van der Waals surface area contributed by atoms with E-state index in [1.165, 1.54) is 0 Å². The van der Waals surface area contributed by atoms with Gasteiger partial charge in [-0.15, -0.1) is 0 Å². The summed E-state index contributed by atoms with van der Waals surface area (Å²) in [5.41, 5.74) is 0.781. The van der Waals surface area contributed by atoms with Gasteiger partial charge in [-0.1, -0.05) is 73.5 Å². The summed E-state index contributed by atoms with van der Waals surface area (Å²) in [5.74, 6) is 1.54. The highest BCUT2D eigenvalue weighted by molar-refractivity contribution is 8.76. The molecule has 4 atom stereocenters.